The number of methoxy groups -OCH3 is 1. The van der Waals surface area contributed by atoms with E-state index in [1.54, 1.807) is 0 Å². The Morgan fingerprint density at radius 1 is 1.35 bits per heavy atom. The van der Waals surface area contributed by atoms with Gasteiger partial charge >= 0.3 is 6.09 Å². The Morgan fingerprint density at radius 3 is 2.40 bits per heavy atom. The molecule has 0 radical (unpaired) electrons. The minimum atomic E-state index is -0.573. The zero-order valence-corrected chi connectivity index (χ0v) is 13.1. The molecule has 2 amide bonds. The van der Waals surface area contributed by atoms with Crippen molar-refractivity contribution >= 4 is 12.0 Å². The second-order valence-electron chi connectivity index (χ2n) is 6.09. The first-order valence-electron chi connectivity index (χ1n) is 7.09. The van der Waals surface area contributed by atoms with Crippen molar-refractivity contribution in [2.45, 2.75) is 46.2 Å². The number of nitrogens with one attached hydrogen (secondary N) is 1. The Bertz CT molecular complexity index is 391. The Labute approximate surface area is 121 Å². The number of carbonyl (C=O) groups excluding carboxylic acids is 2. The average molecular weight is 282 g/mol. The molecule has 1 saturated heterocycles. The highest BCUT2D eigenvalue weighted by Crippen LogP contribution is 2.28. The SMILES string of the molecule is C=C1C[C@@H](C(C)C)N(C(=O)C(NC(=O)OC)C(C)C)C1. The Hall–Kier alpha value is -1.52. The van der Waals surface area contributed by atoms with Gasteiger partial charge in [-0.1, -0.05) is 39.8 Å². The van der Waals surface area contributed by atoms with Crippen molar-refractivity contribution in [3.05, 3.63) is 12.2 Å². The van der Waals surface area contributed by atoms with E-state index in [9.17, 15) is 9.59 Å². The van der Waals surface area contributed by atoms with E-state index in [0.717, 1.165) is 12.0 Å². The van der Waals surface area contributed by atoms with Crippen LogP contribution in [0.25, 0.3) is 0 Å². The molecule has 2 atom stereocenters. The second-order valence-corrected chi connectivity index (χ2v) is 6.09. The van der Waals surface area contributed by atoms with Crippen LogP contribution in [0.15, 0.2) is 12.2 Å². The number of alkyl carbamates (subject to hydrolysis) is 1. The van der Waals surface area contributed by atoms with Crippen molar-refractivity contribution in [1.29, 1.82) is 0 Å². The first-order valence-corrected chi connectivity index (χ1v) is 7.09. The molecular weight excluding hydrogens is 256 g/mol. The summed E-state index contributed by atoms with van der Waals surface area (Å²) in [5.41, 5.74) is 1.07. The van der Waals surface area contributed by atoms with Crippen LogP contribution in [-0.2, 0) is 9.53 Å². The topological polar surface area (TPSA) is 58.6 Å². The molecular formula is C15H26N2O3. The molecule has 1 unspecified atom stereocenters. The van der Waals surface area contributed by atoms with Crippen LogP contribution in [0.3, 0.4) is 0 Å². The molecule has 0 aromatic carbocycles. The van der Waals surface area contributed by atoms with Gasteiger partial charge in [0.25, 0.3) is 0 Å². The van der Waals surface area contributed by atoms with E-state index in [4.69, 9.17) is 0 Å². The fourth-order valence-corrected chi connectivity index (χ4v) is 2.54. The number of carbonyl (C=O) groups is 2. The summed E-state index contributed by atoms with van der Waals surface area (Å²) in [6.45, 7) is 12.6. The molecule has 1 aliphatic heterocycles. The fourth-order valence-electron chi connectivity index (χ4n) is 2.54. The highest BCUT2D eigenvalue weighted by atomic mass is 16.5. The molecule has 0 aromatic heterocycles. The van der Waals surface area contributed by atoms with Gasteiger partial charge in [-0.15, -0.1) is 0 Å². The standard InChI is InChI=1S/C15H26N2O3/c1-9(2)12-7-11(5)8-17(12)14(18)13(10(3)4)16-15(19)20-6/h9-10,12-13H,5,7-8H2,1-4,6H3,(H,16,19)/t12-,13?/m0/s1. The van der Waals surface area contributed by atoms with Crippen LogP contribution in [-0.4, -0.2) is 42.6 Å². The van der Waals surface area contributed by atoms with Crippen molar-refractivity contribution in [3.8, 4) is 0 Å². The first-order chi connectivity index (χ1) is 9.27. The number of amides is 2. The summed E-state index contributed by atoms with van der Waals surface area (Å²) < 4.78 is 4.60. The average Bonchev–Trinajstić information content (AvgIpc) is 2.76. The van der Waals surface area contributed by atoms with Gasteiger partial charge in [0.05, 0.1) is 7.11 Å². The van der Waals surface area contributed by atoms with E-state index < -0.39 is 12.1 Å². The molecule has 0 saturated carbocycles. The third kappa shape index (κ3) is 3.74. The van der Waals surface area contributed by atoms with Gasteiger partial charge in [0.15, 0.2) is 0 Å². The molecule has 0 spiro atoms. The summed E-state index contributed by atoms with van der Waals surface area (Å²) in [5.74, 6) is 0.315. The van der Waals surface area contributed by atoms with E-state index in [1.807, 2.05) is 18.7 Å². The van der Waals surface area contributed by atoms with Gasteiger partial charge in [0, 0.05) is 12.6 Å². The van der Waals surface area contributed by atoms with Crippen LogP contribution < -0.4 is 5.32 Å². The normalized spacial score (nSPS) is 20.4. The van der Waals surface area contributed by atoms with Gasteiger partial charge in [0.2, 0.25) is 5.91 Å². The van der Waals surface area contributed by atoms with E-state index >= 15 is 0 Å². The lowest BCUT2D eigenvalue weighted by molar-refractivity contribution is -0.135. The van der Waals surface area contributed by atoms with Crippen molar-refractivity contribution in [2.75, 3.05) is 13.7 Å². The van der Waals surface area contributed by atoms with Crippen LogP contribution in [0.2, 0.25) is 0 Å². The quantitative estimate of drug-likeness (QED) is 0.804. The number of nitrogens with zero attached hydrogens (tertiary/aromatic N) is 1. The largest absolute Gasteiger partial charge is 0.453 e. The van der Waals surface area contributed by atoms with Crippen molar-refractivity contribution in [3.63, 3.8) is 0 Å². The molecule has 1 rings (SSSR count). The molecule has 5 nitrogen and oxygen atoms in total. The molecule has 1 aliphatic rings. The summed E-state index contributed by atoms with van der Waals surface area (Å²) in [5, 5.41) is 2.64. The van der Waals surface area contributed by atoms with Gasteiger partial charge < -0.3 is 15.0 Å². The van der Waals surface area contributed by atoms with E-state index in [2.05, 4.69) is 30.5 Å². The molecule has 1 N–H and O–H groups in total. The molecule has 0 aliphatic carbocycles. The van der Waals surface area contributed by atoms with Crippen LogP contribution in [0.4, 0.5) is 4.79 Å². The molecule has 0 bridgehead atoms. The molecule has 114 valence electrons. The lowest BCUT2D eigenvalue weighted by Gasteiger charge is -2.32. The summed E-state index contributed by atoms with van der Waals surface area (Å²) in [7, 11) is 1.30. The maximum atomic E-state index is 12.7. The Balaban J connectivity index is 2.88. The van der Waals surface area contributed by atoms with E-state index in [-0.39, 0.29) is 17.9 Å². The van der Waals surface area contributed by atoms with Crippen molar-refractivity contribution in [1.82, 2.24) is 10.2 Å². The van der Waals surface area contributed by atoms with Crippen LogP contribution in [0.5, 0.6) is 0 Å². The van der Waals surface area contributed by atoms with Crippen LogP contribution >= 0.6 is 0 Å². The van der Waals surface area contributed by atoms with E-state index in [0.29, 0.717) is 12.5 Å². The number of rotatable bonds is 4. The van der Waals surface area contributed by atoms with Gasteiger partial charge in [-0.05, 0) is 18.3 Å². The number of ether oxygens (including phenoxy) is 1. The summed E-state index contributed by atoms with van der Waals surface area (Å²) in [4.78, 5) is 26.0. The van der Waals surface area contributed by atoms with Crippen molar-refractivity contribution < 1.29 is 14.3 Å². The number of likely N-dealkylation sites (tertiary alicyclic amines) is 1. The Morgan fingerprint density at radius 2 is 1.95 bits per heavy atom. The van der Waals surface area contributed by atoms with Crippen LogP contribution in [0, 0.1) is 11.8 Å². The highest BCUT2D eigenvalue weighted by molar-refractivity contribution is 5.86. The van der Waals surface area contributed by atoms with Crippen LogP contribution in [0.1, 0.15) is 34.1 Å². The highest BCUT2D eigenvalue weighted by Gasteiger charge is 2.37. The third-order valence-corrected chi connectivity index (χ3v) is 3.74. The van der Waals surface area contributed by atoms with Gasteiger partial charge in [-0.25, -0.2) is 4.79 Å². The summed E-state index contributed by atoms with van der Waals surface area (Å²) >= 11 is 0. The smallest absolute Gasteiger partial charge is 0.407 e. The molecule has 1 heterocycles. The first kappa shape index (κ1) is 16.5. The molecule has 20 heavy (non-hydrogen) atoms. The van der Waals surface area contributed by atoms with Crippen molar-refractivity contribution in [2.24, 2.45) is 11.8 Å². The van der Waals surface area contributed by atoms with Gasteiger partial charge in [-0.3, -0.25) is 4.79 Å². The molecule has 5 heteroatoms. The Kier molecular flexibility index (Phi) is 5.60. The molecule has 1 fully saturated rings. The maximum absolute atomic E-state index is 12.7. The zero-order valence-electron chi connectivity index (χ0n) is 13.1. The molecule has 0 aromatic rings. The third-order valence-electron chi connectivity index (χ3n) is 3.74. The summed E-state index contributed by atoms with van der Waals surface area (Å²) in [6.07, 6.45) is 0.267. The van der Waals surface area contributed by atoms with E-state index in [1.165, 1.54) is 7.11 Å². The van der Waals surface area contributed by atoms with Gasteiger partial charge in [-0.2, -0.15) is 0 Å². The maximum Gasteiger partial charge on any atom is 0.407 e. The minimum Gasteiger partial charge on any atom is -0.453 e. The number of hydrogen-bond acceptors (Lipinski definition) is 3. The monoisotopic (exact) mass is 282 g/mol. The second kappa shape index (κ2) is 6.77. The summed E-state index contributed by atoms with van der Waals surface area (Å²) in [6, 6.07) is -0.398. The fraction of sp³-hybridized carbons (Fsp3) is 0.733. The predicted octanol–water partition coefficient (Wildman–Crippen LogP) is 2.18. The lowest BCUT2D eigenvalue weighted by atomic mass is 9.98. The predicted molar refractivity (Wildman–Crippen MR) is 78.3 cm³/mol. The lowest BCUT2D eigenvalue weighted by Crippen LogP contribution is -2.53. The minimum absolute atomic E-state index is 0.00303. The van der Waals surface area contributed by atoms with Gasteiger partial charge in [0.1, 0.15) is 6.04 Å². The number of hydrogen-bond donors (Lipinski definition) is 1. The zero-order chi connectivity index (χ0) is 15.4.